The minimum Gasteiger partial charge on any atom is -0.493 e. The van der Waals surface area contributed by atoms with Crippen LogP contribution in [0, 0.1) is 0 Å². The lowest BCUT2D eigenvalue weighted by molar-refractivity contribution is 0.100. The number of ketones is 1. The average Bonchev–Trinajstić information content (AvgIpc) is 3.35. The number of amides is 1. The minimum absolute atomic E-state index is 0.0744. The Balaban J connectivity index is 1.40. The van der Waals surface area contributed by atoms with Gasteiger partial charge in [0.1, 0.15) is 5.75 Å². The van der Waals surface area contributed by atoms with Gasteiger partial charge in [-0.05, 0) is 61.6 Å². The highest BCUT2D eigenvalue weighted by molar-refractivity contribution is 8.02. The first-order valence-corrected chi connectivity index (χ1v) is 16.2. The molecule has 3 rings (SSSR count). The maximum atomic E-state index is 13.0. The van der Waals surface area contributed by atoms with Crippen LogP contribution in [0.5, 0.6) is 5.75 Å². The zero-order valence-electron chi connectivity index (χ0n) is 24.8. The molecule has 5 nitrogen and oxygen atoms in total. The van der Waals surface area contributed by atoms with Crippen molar-refractivity contribution in [2.75, 3.05) is 17.8 Å². The molecule has 0 aromatic heterocycles. The molecule has 218 valence electrons. The second kappa shape index (κ2) is 17.9. The molecule has 0 bridgehead atoms. The van der Waals surface area contributed by atoms with Crippen LogP contribution in [0.15, 0.2) is 53.6 Å². The number of nitrogens with one attached hydrogen (secondary N) is 1. The van der Waals surface area contributed by atoms with Crippen molar-refractivity contribution in [1.82, 2.24) is 4.90 Å². The third kappa shape index (κ3) is 11.0. The monoisotopic (exact) mass is 564 g/mol. The van der Waals surface area contributed by atoms with Crippen LogP contribution in [0.4, 0.5) is 5.69 Å². The first kappa shape index (κ1) is 31.8. The Hall–Kier alpha value is -2.73. The Bertz CT molecular complexity index is 1110. The molecular formula is C34H48N2O3S. The number of ether oxygens (including phenoxy) is 1. The van der Waals surface area contributed by atoms with Crippen molar-refractivity contribution in [1.29, 1.82) is 0 Å². The van der Waals surface area contributed by atoms with E-state index in [0.29, 0.717) is 29.2 Å². The van der Waals surface area contributed by atoms with E-state index in [4.69, 9.17) is 4.74 Å². The number of nitrogens with zero attached hydrogens (tertiary/aromatic N) is 1. The summed E-state index contributed by atoms with van der Waals surface area (Å²) in [6.45, 7) is 7.28. The first-order valence-electron chi connectivity index (χ1n) is 15.2. The van der Waals surface area contributed by atoms with Crippen LogP contribution >= 0.6 is 11.8 Å². The van der Waals surface area contributed by atoms with Crippen LogP contribution in [-0.4, -0.2) is 29.1 Å². The quantitative estimate of drug-likeness (QED) is 0.136. The van der Waals surface area contributed by atoms with E-state index in [1.165, 1.54) is 76.8 Å². The lowest BCUT2D eigenvalue weighted by atomic mass is 10.1. The molecular weight excluding hydrogens is 516 g/mol. The molecule has 0 radical (unpaired) electrons. The van der Waals surface area contributed by atoms with E-state index in [9.17, 15) is 9.59 Å². The van der Waals surface area contributed by atoms with Gasteiger partial charge < -0.3 is 15.0 Å². The minimum atomic E-state index is -0.190. The third-order valence-electron chi connectivity index (χ3n) is 7.42. The van der Waals surface area contributed by atoms with E-state index in [2.05, 4.69) is 29.5 Å². The molecule has 2 aromatic rings. The number of hydrogen-bond acceptors (Lipinski definition) is 5. The Morgan fingerprint density at radius 3 is 2.20 bits per heavy atom. The highest BCUT2D eigenvalue weighted by Crippen LogP contribution is 2.26. The maximum Gasteiger partial charge on any atom is 0.255 e. The second-order valence-electron chi connectivity index (χ2n) is 10.9. The van der Waals surface area contributed by atoms with Gasteiger partial charge in [0.25, 0.3) is 5.91 Å². The second-order valence-corrected chi connectivity index (χ2v) is 11.7. The van der Waals surface area contributed by atoms with Crippen molar-refractivity contribution in [2.45, 2.75) is 104 Å². The third-order valence-corrected chi connectivity index (χ3v) is 8.39. The van der Waals surface area contributed by atoms with E-state index < -0.39 is 0 Å². The van der Waals surface area contributed by atoms with Crippen LogP contribution in [0.1, 0.15) is 124 Å². The van der Waals surface area contributed by atoms with Crippen molar-refractivity contribution < 1.29 is 14.3 Å². The number of rotatable bonds is 19. The highest BCUT2D eigenvalue weighted by atomic mass is 32.2. The van der Waals surface area contributed by atoms with E-state index in [-0.39, 0.29) is 11.7 Å². The molecule has 0 spiro atoms. The number of carbonyl (C=O) groups excluding carboxylic acids is 2. The van der Waals surface area contributed by atoms with Gasteiger partial charge in [0.05, 0.1) is 18.0 Å². The number of allylic oxidation sites excluding steroid dienone is 1. The number of thioether (sulfide) groups is 1. The van der Waals surface area contributed by atoms with Crippen molar-refractivity contribution in [3.8, 4) is 5.75 Å². The van der Waals surface area contributed by atoms with Crippen molar-refractivity contribution in [2.24, 2.45) is 0 Å². The summed E-state index contributed by atoms with van der Waals surface area (Å²) in [4.78, 5) is 27.6. The number of anilines is 1. The van der Waals surface area contributed by atoms with Gasteiger partial charge in [0.2, 0.25) is 0 Å². The van der Waals surface area contributed by atoms with Gasteiger partial charge >= 0.3 is 0 Å². The van der Waals surface area contributed by atoms with Gasteiger partial charge in [0.15, 0.2) is 5.78 Å². The zero-order chi connectivity index (χ0) is 28.6. The maximum absolute atomic E-state index is 13.0. The molecule has 0 unspecified atom stereocenters. The Kier molecular flexibility index (Phi) is 14.2. The van der Waals surface area contributed by atoms with Crippen LogP contribution < -0.4 is 10.1 Å². The SMILES string of the molecule is CCCCCCCCCCCCCCOc1ccc(NC(=O)c2cccc(CN3CSC=C3C)c2)cc1C(C)=O. The van der Waals surface area contributed by atoms with Gasteiger partial charge in [0, 0.05) is 23.5 Å². The molecule has 0 fully saturated rings. The molecule has 0 saturated carbocycles. The van der Waals surface area contributed by atoms with E-state index in [0.717, 1.165) is 30.8 Å². The highest BCUT2D eigenvalue weighted by Gasteiger charge is 2.15. The molecule has 2 aromatic carbocycles. The van der Waals surface area contributed by atoms with Gasteiger partial charge in [-0.25, -0.2) is 0 Å². The number of carbonyl (C=O) groups is 2. The smallest absolute Gasteiger partial charge is 0.255 e. The summed E-state index contributed by atoms with van der Waals surface area (Å²) in [5.74, 6) is 1.26. The molecule has 0 atom stereocenters. The summed E-state index contributed by atoms with van der Waals surface area (Å²) in [5.41, 5.74) is 4.03. The van der Waals surface area contributed by atoms with Crippen LogP contribution in [0.25, 0.3) is 0 Å². The first-order chi connectivity index (χ1) is 19.5. The molecule has 1 amide bonds. The zero-order valence-corrected chi connectivity index (χ0v) is 25.6. The van der Waals surface area contributed by atoms with E-state index >= 15 is 0 Å². The van der Waals surface area contributed by atoms with Crippen molar-refractivity contribution >= 4 is 29.1 Å². The van der Waals surface area contributed by atoms with Crippen molar-refractivity contribution in [3.05, 3.63) is 70.3 Å². The number of benzene rings is 2. The fourth-order valence-corrected chi connectivity index (χ4v) is 5.90. The van der Waals surface area contributed by atoms with Gasteiger partial charge in [-0.1, -0.05) is 89.7 Å². The summed E-state index contributed by atoms with van der Waals surface area (Å²) in [7, 11) is 0. The molecule has 6 heteroatoms. The number of Topliss-reactive ketones (excluding diaryl/α,β-unsaturated/α-hetero) is 1. The summed E-state index contributed by atoms with van der Waals surface area (Å²) in [6.07, 6.45) is 15.6. The Labute approximate surface area is 246 Å². The van der Waals surface area contributed by atoms with Crippen molar-refractivity contribution in [3.63, 3.8) is 0 Å². The summed E-state index contributed by atoms with van der Waals surface area (Å²) >= 11 is 1.79. The standard InChI is InChI=1S/C34H48N2O3S/c1-4-5-6-7-8-9-10-11-12-13-14-15-21-39-33-20-19-31(23-32(33)28(3)37)35-34(38)30-18-16-17-29(22-30)24-36-26-40-25-27(36)2/h16-20,22-23,25H,4-15,21,24,26H2,1-3H3,(H,35,38). The molecule has 1 heterocycles. The summed E-state index contributed by atoms with van der Waals surface area (Å²) in [5, 5.41) is 5.11. The van der Waals surface area contributed by atoms with Crippen LogP contribution in [-0.2, 0) is 6.54 Å². The average molecular weight is 565 g/mol. The topological polar surface area (TPSA) is 58.6 Å². The fourth-order valence-electron chi connectivity index (χ4n) is 4.96. The molecule has 1 aliphatic rings. The molecule has 0 aliphatic carbocycles. The molecule has 1 aliphatic heterocycles. The Morgan fingerprint density at radius 2 is 1.57 bits per heavy atom. The Morgan fingerprint density at radius 1 is 0.900 bits per heavy atom. The molecule has 1 N–H and O–H groups in total. The van der Waals surface area contributed by atoms with E-state index in [1.54, 1.807) is 30.0 Å². The molecule has 0 saturated heterocycles. The number of hydrogen-bond donors (Lipinski definition) is 1. The van der Waals surface area contributed by atoms with Gasteiger partial charge in [-0.2, -0.15) is 0 Å². The predicted octanol–water partition coefficient (Wildman–Crippen LogP) is 9.59. The fraction of sp³-hybridized carbons (Fsp3) is 0.529. The molecule has 40 heavy (non-hydrogen) atoms. The van der Waals surface area contributed by atoms with Crippen LogP contribution in [0.3, 0.4) is 0 Å². The van der Waals surface area contributed by atoms with Gasteiger partial charge in [-0.15, -0.1) is 11.8 Å². The predicted molar refractivity (Wildman–Crippen MR) is 169 cm³/mol. The lowest BCUT2D eigenvalue weighted by Crippen LogP contribution is -2.18. The summed E-state index contributed by atoms with van der Waals surface area (Å²) < 4.78 is 5.98. The number of unbranched alkanes of at least 4 members (excludes halogenated alkanes) is 11. The van der Waals surface area contributed by atoms with E-state index in [1.807, 2.05) is 24.3 Å². The largest absolute Gasteiger partial charge is 0.493 e. The normalized spacial score (nSPS) is 12.9. The lowest BCUT2D eigenvalue weighted by Gasteiger charge is -2.19. The van der Waals surface area contributed by atoms with Gasteiger partial charge in [-0.3, -0.25) is 9.59 Å². The van der Waals surface area contributed by atoms with Crippen LogP contribution in [0.2, 0.25) is 0 Å². The summed E-state index contributed by atoms with van der Waals surface area (Å²) in [6, 6.07) is 13.0.